The predicted molar refractivity (Wildman–Crippen MR) is 94.4 cm³/mol. The molecule has 1 aromatic carbocycles. The second kappa shape index (κ2) is 6.69. The Morgan fingerprint density at radius 1 is 1.20 bits per heavy atom. The topological polar surface area (TPSA) is 59.2 Å². The lowest BCUT2D eigenvalue weighted by Crippen LogP contribution is -2.28. The maximum Gasteiger partial charge on any atom is 0.259 e. The van der Waals surface area contributed by atoms with Crippen LogP contribution in [-0.2, 0) is 0 Å². The van der Waals surface area contributed by atoms with E-state index in [0.29, 0.717) is 35.4 Å². The highest BCUT2D eigenvalue weighted by molar-refractivity contribution is 6.30. The van der Waals surface area contributed by atoms with Crippen LogP contribution in [0.15, 0.2) is 59.5 Å². The number of likely N-dealkylation sites (tertiary alicyclic amines) is 1. The highest BCUT2D eigenvalue weighted by Gasteiger charge is 2.30. The van der Waals surface area contributed by atoms with Gasteiger partial charge in [0.15, 0.2) is 5.76 Å². The van der Waals surface area contributed by atoms with E-state index in [1.54, 1.807) is 18.3 Å². The third-order valence-electron chi connectivity index (χ3n) is 4.54. The number of benzene rings is 1. The number of aromatic nitrogens is 2. The average Bonchev–Trinajstić information content (AvgIpc) is 3.32. The summed E-state index contributed by atoms with van der Waals surface area (Å²) in [6.07, 6.45) is 6.05. The molecular weight excluding hydrogens is 338 g/mol. The Balaban J connectivity index is 1.55. The second-order valence-electron chi connectivity index (χ2n) is 6.10. The van der Waals surface area contributed by atoms with Crippen LogP contribution in [0.5, 0.6) is 0 Å². The first-order valence-corrected chi connectivity index (χ1v) is 8.50. The molecule has 5 nitrogen and oxygen atoms in total. The van der Waals surface area contributed by atoms with Crippen LogP contribution in [0.25, 0.3) is 11.3 Å². The molecule has 0 saturated carbocycles. The summed E-state index contributed by atoms with van der Waals surface area (Å²) in [5.74, 6) is 0.737. The van der Waals surface area contributed by atoms with Crippen LogP contribution in [0.2, 0.25) is 5.02 Å². The van der Waals surface area contributed by atoms with E-state index in [-0.39, 0.29) is 5.91 Å². The number of carbonyl (C=O) groups excluding carboxylic acids is 1. The fraction of sp³-hybridized carbons (Fsp3) is 0.211. The monoisotopic (exact) mass is 353 g/mol. The van der Waals surface area contributed by atoms with Crippen LogP contribution < -0.4 is 0 Å². The fourth-order valence-electron chi connectivity index (χ4n) is 3.21. The van der Waals surface area contributed by atoms with Gasteiger partial charge < -0.3 is 9.42 Å². The van der Waals surface area contributed by atoms with Crippen LogP contribution >= 0.6 is 11.6 Å². The summed E-state index contributed by atoms with van der Waals surface area (Å²) in [5.41, 5.74) is 2.43. The number of halogens is 1. The first-order valence-electron chi connectivity index (χ1n) is 8.12. The molecule has 1 amide bonds. The zero-order valence-electron chi connectivity index (χ0n) is 13.4. The van der Waals surface area contributed by atoms with Crippen molar-refractivity contribution in [1.82, 2.24) is 15.0 Å². The summed E-state index contributed by atoms with van der Waals surface area (Å²) in [4.78, 5) is 19.0. The van der Waals surface area contributed by atoms with Gasteiger partial charge in [-0.15, -0.1) is 0 Å². The van der Waals surface area contributed by atoms with Gasteiger partial charge in [-0.05, 0) is 42.3 Å². The van der Waals surface area contributed by atoms with Gasteiger partial charge in [0, 0.05) is 42.0 Å². The Hall–Kier alpha value is -2.66. The molecule has 4 rings (SSSR count). The molecule has 1 saturated heterocycles. The molecule has 126 valence electrons. The summed E-state index contributed by atoms with van der Waals surface area (Å²) in [6.45, 7) is 1.39. The zero-order valence-corrected chi connectivity index (χ0v) is 14.2. The van der Waals surface area contributed by atoms with Crippen LogP contribution in [0, 0.1) is 0 Å². The van der Waals surface area contributed by atoms with Gasteiger partial charge in [-0.2, -0.15) is 0 Å². The standard InChI is InChI=1S/C19H16ClN3O2/c20-16-5-3-13(4-6-16)18-17(11-22-25-18)19(24)23-9-7-15(12-23)14-2-1-8-21-10-14/h1-6,8,10-11,15H,7,9,12H2. The van der Waals surface area contributed by atoms with Crippen molar-refractivity contribution in [3.05, 3.63) is 71.1 Å². The summed E-state index contributed by atoms with van der Waals surface area (Å²) in [5, 5.41) is 4.46. The van der Waals surface area contributed by atoms with E-state index in [0.717, 1.165) is 12.0 Å². The minimum absolute atomic E-state index is 0.0578. The van der Waals surface area contributed by atoms with Crippen LogP contribution in [0.1, 0.15) is 28.3 Å². The molecule has 2 aromatic heterocycles. The van der Waals surface area contributed by atoms with Crippen molar-refractivity contribution in [2.45, 2.75) is 12.3 Å². The quantitative estimate of drug-likeness (QED) is 0.713. The van der Waals surface area contributed by atoms with Gasteiger partial charge >= 0.3 is 0 Å². The van der Waals surface area contributed by atoms with Crippen LogP contribution in [0.3, 0.4) is 0 Å². The highest BCUT2D eigenvalue weighted by Crippen LogP contribution is 2.30. The average molecular weight is 354 g/mol. The van der Waals surface area contributed by atoms with Crippen LogP contribution in [-0.4, -0.2) is 34.0 Å². The van der Waals surface area contributed by atoms with Crippen molar-refractivity contribution in [3.8, 4) is 11.3 Å². The molecular formula is C19H16ClN3O2. The van der Waals surface area contributed by atoms with Gasteiger partial charge in [0.2, 0.25) is 0 Å². The molecule has 0 aliphatic carbocycles. The first-order chi connectivity index (χ1) is 12.2. The smallest absolute Gasteiger partial charge is 0.259 e. The van der Waals surface area contributed by atoms with Gasteiger partial charge in [0.25, 0.3) is 5.91 Å². The Morgan fingerprint density at radius 3 is 2.80 bits per heavy atom. The maximum absolute atomic E-state index is 12.9. The molecule has 3 aromatic rings. The lowest BCUT2D eigenvalue weighted by atomic mass is 10.0. The summed E-state index contributed by atoms with van der Waals surface area (Å²) in [7, 11) is 0. The highest BCUT2D eigenvalue weighted by atomic mass is 35.5. The van der Waals surface area contributed by atoms with E-state index in [9.17, 15) is 4.79 Å². The minimum Gasteiger partial charge on any atom is -0.355 e. The fourth-order valence-corrected chi connectivity index (χ4v) is 3.33. The number of hydrogen-bond donors (Lipinski definition) is 0. The van der Waals surface area contributed by atoms with Crippen molar-refractivity contribution in [1.29, 1.82) is 0 Å². The number of pyridine rings is 1. The van der Waals surface area contributed by atoms with E-state index in [4.69, 9.17) is 16.1 Å². The molecule has 1 fully saturated rings. The number of amides is 1. The molecule has 6 heteroatoms. The summed E-state index contributed by atoms with van der Waals surface area (Å²) < 4.78 is 5.33. The van der Waals surface area contributed by atoms with E-state index < -0.39 is 0 Å². The maximum atomic E-state index is 12.9. The van der Waals surface area contributed by atoms with E-state index in [2.05, 4.69) is 16.2 Å². The Bertz CT molecular complexity index is 877. The normalized spacial score (nSPS) is 17.0. The number of rotatable bonds is 3. The number of hydrogen-bond acceptors (Lipinski definition) is 4. The Kier molecular flexibility index (Phi) is 4.24. The van der Waals surface area contributed by atoms with E-state index in [1.807, 2.05) is 29.3 Å². The largest absolute Gasteiger partial charge is 0.355 e. The molecule has 25 heavy (non-hydrogen) atoms. The van der Waals surface area contributed by atoms with Crippen molar-refractivity contribution in [3.63, 3.8) is 0 Å². The van der Waals surface area contributed by atoms with E-state index in [1.165, 1.54) is 11.8 Å². The molecule has 0 bridgehead atoms. The molecule has 1 unspecified atom stereocenters. The third kappa shape index (κ3) is 3.15. The molecule has 0 spiro atoms. The van der Waals surface area contributed by atoms with E-state index >= 15 is 0 Å². The number of nitrogens with zero attached hydrogens (tertiary/aromatic N) is 3. The Morgan fingerprint density at radius 2 is 2.04 bits per heavy atom. The minimum atomic E-state index is -0.0578. The van der Waals surface area contributed by atoms with Gasteiger partial charge in [-0.1, -0.05) is 22.8 Å². The molecule has 0 N–H and O–H groups in total. The molecule has 1 atom stereocenters. The molecule has 3 heterocycles. The van der Waals surface area contributed by atoms with Gasteiger partial charge in [0.1, 0.15) is 5.56 Å². The summed E-state index contributed by atoms with van der Waals surface area (Å²) in [6, 6.07) is 11.2. The van der Waals surface area contributed by atoms with Crippen molar-refractivity contribution < 1.29 is 9.32 Å². The van der Waals surface area contributed by atoms with Gasteiger partial charge in [0.05, 0.1) is 6.20 Å². The van der Waals surface area contributed by atoms with Crippen molar-refractivity contribution >= 4 is 17.5 Å². The van der Waals surface area contributed by atoms with Crippen LogP contribution in [0.4, 0.5) is 0 Å². The SMILES string of the molecule is O=C(c1cnoc1-c1ccc(Cl)cc1)N1CCC(c2cccnc2)C1. The first kappa shape index (κ1) is 15.8. The zero-order chi connectivity index (χ0) is 17.2. The second-order valence-corrected chi connectivity index (χ2v) is 6.54. The molecule has 0 radical (unpaired) electrons. The lowest BCUT2D eigenvalue weighted by Gasteiger charge is -2.16. The van der Waals surface area contributed by atoms with Crippen molar-refractivity contribution in [2.75, 3.05) is 13.1 Å². The third-order valence-corrected chi connectivity index (χ3v) is 4.79. The number of carbonyl (C=O) groups is 1. The van der Waals surface area contributed by atoms with Crippen molar-refractivity contribution in [2.24, 2.45) is 0 Å². The summed E-state index contributed by atoms with van der Waals surface area (Å²) >= 11 is 5.93. The Labute approximate surface area is 150 Å². The van der Waals surface area contributed by atoms with Gasteiger partial charge in [-0.3, -0.25) is 9.78 Å². The lowest BCUT2D eigenvalue weighted by molar-refractivity contribution is 0.0791. The molecule has 1 aliphatic rings. The molecule has 1 aliphatic heterocycles. The van der Waals surface area contributed by atoms with Gasteiger partial charge in [-0.25, -0.2) is 0 Å². The predicted octanol–water partition coefficient (Wildman–Crippen LogP) is 4.02.